The number of fused-ring (bicyclic) bond motifs is 3. The van der Waals surface area contributed by atoms with E-state index in [0.29, 0.717) is 17.5 Å². The van der Waals surface area contributed by atoms with Crippen LogP contribution >= 0.6 is 23.1 Å². The van der Waals surface area contributed by atoms with Gasteiger partial charge in [0, 0.05) is 17.2 Å². The minimum absolute atomic E-state index is 0.0241. The largest absolute Gasteiger partial charge is 0.283 e. The molecule has 4 rings (SSSR count). The molecular formula is C20H19FN2OS2. The highest BCUT2D eigenvalue weighted by molar-refractivity contribution is 7.98. The van der Waals surface area contributed by atoms with Crippen LogP contribution in [0.1, 0.15) is 28.8 Å². The Morgan fingerprint density at radius 3 is 3.00 bits per heavy atom. The fraction of sp³-hybridized carbons (Fsp3) is 0.300. The van der Waals surface area contributed by atoms with Gasteiger partial charge in [0.15, 0.2) is 5.16 Å². The zero-order valence-corrected chi connectivity index (χ0v) is 16.0. The molecule has 0 amide bonds. The van der Waals surface area contributed by atoms with Gasteiger partial charge in [0.05, 0.1) is 5.39 Å². The monoisotopic (exact) mass is 386 g/mol. The van der Waals surface area contributed by atoms with Gasteiger partial charge in [0.1, 0.15) is 10.6 Å². The molecule has 0 fully saturated rings. The van der Waals surface area contributed by atoms with Gasteiger partial charge in [0.25, 0.3) is 5.56 Å². The quantitative estimate of drug-likeness (QED) is 0.353. The van der Waals surface area contributed by atoms with Crippen LogP contribution in [0.25, 0.3) is 10.2 Å². The molecule has 2 heterocycles. The third-order valence-electron chi connectivity index (χ3n) is 4.61. The summed E-state index contributed by atoms with van der Waals surface area (Å²) in [5.41, 5.74) is 2.10. The van der Waals surface area contributed by atoms with Crippen molar-refractivity contribution in [2.45, 2.75) is 43.1 Å². The number of rotatable bonds is 5. The zero-order chi connectivity index (χ0) is 18.1. The van der Waals surface area contributed by atoms with Gasteiger partial charge in [-0.2, -0.15) is 0 Å². The lowest BCUT2D eigenvalue weighted by Gasteiger charge is -2.12. The molecule has 134 valence electrons. The maximum absolute atomic E-state index is 13.4. The average Bonchev–Trinajstić information content (AvgIpc) is 3.01. The first kappa shape index (κ1) is 17.5. The van der Waals surface area contributed by atoms with E-state index in [-0.39, 0.29) is 11.4 Å². The number of halogens is 1. The van der Waals surface area contributed by atoms with Crippen molar-refractivity contribution in [1.29, 1.82) is 0 Å². The third kappa shape index (κ3) is 3.23. The van der Waals surface area contributed by atoms with Crippen LogP contribution in [-0.4, -0.2) is 9.55 Å². The van der Waals surface area contributed by atoms with Crippen LogP contribution < -0.4 is 5.56 Å². The number of thiophene rings is 1. The van der Waals surface area contributed by atoms with E-state index in [1.54, 1.807) is 28.0 Å². The smallest absolute Gasteiger partial charge is 0.263 e. The number of aryl methyl sites for hydroxylation is 2. The van der Waals surface area contributed by atoms with Crippen LogP contribution in [0.5, 0.6) is 0 Å². The molecule has 1 aliphatic rings. The molecule has 0 radical (unpaired) electrons. The van der Waals surface area contributed by atoms with Crippen LogP contribution in [0.15, 0.2) is 46.9 Å². The molecule has 0 saturated heterocycles. The number of nitrogens with zero attached hydrogens (tertiary/aromatic N) is 2. The van der Waals surface area contributed by atoms with Crippen molar-refractivity contribution in [3.05, 3.63) is 69.1 Å². The SMILES string of the molecule is C=CCn1c(SCc2cccc(F)c2)nc2sc3c(c2c1=O)CCCC3. The fourth-order valence-electron chi connectivity index (χ4n) is 3.39. The van der Waals surface area contributed by atoms with Gasteiger partial charge in [-0.05, 0) is 48.9 Å². The summed E-state index contributed by atoms with van der Waals surface area (Å²) in [7, 11) is 0. The van der Waals surface area contributed by atoms with Gasteiger partial charge in [0.2, 0.25) is 0 Å². The summed E-state index contributed by atoms with van der Waals surface area (Å²) in [6, 6.07) is 6.54. The van der Waals surface area contributed by atoms with E-state index in [2.05, 4.69) is 6.58 Å². The highest BCUT2D eigenvalue weighted by Crippen LogP contribution is 2.35. The van der Waals surface area contributed by atoms with Gasteiger partial charge in [-0.1, -0.05) is 30.0 Å². The average molecular weight is 387 g/mol. The molecule has 1 aliphatic carbocycles. The van der Waals surface area contributed by atoms with Gasteiger partial charge in [-0.3, -0.25) is 9.36 Å². The molecule has 0 saturated carbocycles. The second-order valence-electron chi connectivity index (χ2n) is 6.41. The van der Waals surface area contributed by atoms with Crippen LogP contribution in [0.3, 0.4) is 0 Å². The van der Waals surface area contributed by atoms with E-state index >= 15 is 0 Å². The molecule has 0 aliphatic heterocycles. The molecule has 0 atom stereocenters. The number of hydrogen-bond donors (Lipinski definition) is 0. The normalized spacial score (nSPS) is 13.7. The van der Waals surface area contributed by atoms with E-state index in [4.69, 9.17) is 4.98 Å². The van der Waals surface area contributed by atoms with Crippen LogP contribution in [0, 0.1) is 5.82 Å². The van der Waals surface area contributed by atoms with E-state index in [1.165, 1.54) is 40.8 Å². The number of allylic oxidation sites excluding steroid dienone is 1. The Morgan fingerprint density at radius 1 is 1.35 bits per heavy atom. The first-order valence-corrected chi connectivity index (χ1v) is 10.5. The van der Waals surface area contributed by atoms with Crippen molar-refractivity contribution < 1.29 is 4.39 Å². The first-order chi connectivity index (χ1) is 12.7. The fourth-order valence-corrected chi connectivity index (χ4v) is 5.65. The number of thioether (sulfide) groups is 1. The Hall–Kier alpha value is -1.92. The molecule has 0 N–H and O–H groups in total. The van der Waals surface area contributed by atoms with E-state index in [9.17, 15) is 9.18 Å². The summed E-state index contributed by atoms with van der Waals surface area (Å²) in [6.07, 6.45) is 6.05. The molecule has 0 bridgehead atoms. The molecule has 3 nitrogen and oxygen atoms in total. The third-order valence-corrected chi connectivity index (χ3v) is 6.84. The Morgan fingerprint density at radius 2 is 2.19 bits per heavy atom. The summed E-state index contributed by atoms with van der Waals surface area (Å²) >= 11 is 3.12. The Kier molecular flexibility index (Phi) is 4.96. The predicted molar refractivity (Wildman–Crippen MR) is 107 cm³/mol. The van der Waals surface area contributed by atoms with Gasteiger partial charge >= 0.3 is 0 Å². The summed E-state index contributed by atoms with van der Waals surface area (Å²) < 4.78 is 15.1. The Bertz CT molecular complexity index is 1040. The van der Waals surface area contributed by atoms with Crippen molar-refractivity contribution in [2.24, 2.45) is 0 Å². The van der Waals surface area contributed by atoms with Gasteiger partial charge < -0.3 is 0 Å². The van der Waals surface area contributed by atoms with Crippen LogP contribution in [0.2, 0.25) is 0 Å². The van der Waals surface area contributed by atoms with E-state index in [0.717, 1.165) is 35.0 Å². The zero-order valence-electron chi connectivity index (χ0n) is 14.3. The highest BCUT2D eigenvalue weighted by atomic mass is 32.2. The Labute approximate surface area is 159 Å². The predicted octanol–water partition coefficient (Wildman–Crippen LogP) is 4.95. The molecule has 6 heteroatoms. The second-order valence-corrected chi connectivity index (χ2v) is 8.43. The van der Waals surface area contributed by atoms with Crippen molar-refractivity contribution in [3.63, 3.8) is 0 Å². The summed E-state index contributed by atoms with van der Waals surface area (Å²) in [6.45, 7) is 4.21. The van der Waals surface area contributed by atoms with Crippen LogP contribution in [-0.2, 0) is 25.1 Å². The molecule has 2 aromatic heterocycles. The summed E-state index contributed by atoms with van der Waals surface area (Å²) in [4.78, 5) is 20.1. The van der Waals surface area contributed by atoms with Crippen molar-refractivity contribution in [1.82, 2.24) is 9.55 Å². The summed E-state index contributed by atoms with van der Waals surface area (Å²) in [5.74, 6) is 0.318. The molecule has 26 heavy (non-hydrogen) atoms. The lowest BCUT2D eigenvalue weighted by atomic mass is 9.97. The molecule has 1 aromatic carbocycles. The second kappa shape index (κ2) is 7.37. The minimum atomic E-state index is -0.249. The highest BCUT2D eigenvalue weighted by Gasteiger charge is 2.21. The maximum atomic E-state index is 13.4. The number of hydrogen-bond acceptors (Lipinski definition) is 4. The number of aromatic nitrogens is 2. The van der Waals surface area contributed by atoms with Crippen molar-refractivity contribution in [3.8, 4) is 0 Å². The van der Waals surface area contributed by atoms with Gasteiger partial charge in [-0.15, -0.1) is 17.9 Å². The van der Waals surface area contributed by atoms with Crippen molar-refractivity contribution >= 4 is 33.3 Å². The maximum Gasteiger partial charge on any atom is 0.263 e. The molecule has 0 spiro atoms. The molecule has 3 aromatic rings. The summed E-state index contributed by atoms with van der Waals surface area (Å²) in [5, 5.41) is 1.46. The molecule has 0 unspecified atom stereocenters. The topological polar surface area (TPSA) is 34.9 Å². The Balaban J connectivity index is 1.76. The van der Waals surface area contributed by atoms with E-state index in [1.807, 2.05) is 6.07 Å². The lowest BCUT2D eigenvalue weighted by Crippen LogP contribution is -2.23. The standard InChI is InChI=1S/C20H19FN2OS2/c1-2-10-23-19(24)17-15-8-3-4-9-16(15)26-18(17)22-20(23)25-12-13-6-5-7-14(21)11-13/h2,5-7,11H,1,3-4,8-10,12H2. The van der Waals surface area contributed by atoms with E-state index < -0.39 is 0 Å². The van der Waals surface area contributed by atoms with Crippen molar-refractivity contribution in [2.75, 3.05) is 0 Å². The van der Waals surface area contributed by atoms with Gasteiger partial charge in [-0.25, -0.2) is 9.37 Å². The number of benzene rings is 1. The van der Waals surface area contributed by atoms with Crippen LogP contribution in [0.4, 0.5) is 4.39 Å². The minimum Gasteiger partial charge on any atom is -0.283 e. The molecular weight excluding hydrogens is 367 g/mol. The first-order valence-electron chi connectivity index (χ1n) is 8.70. The lowest BCUT2D eigenvalue weighted by molar-refractivity contribution is 0.626.